The normalized spacial score (nSPS) is 12.5. The molecule has 2 aromatic carbocycles. The summed E-state index contributed by atoms with van der Waals surface area (Å²) in [6.45, 7) is 5.30. The highest BCUT2D eigenvalue weighted by Crippen LogP contribution is 2.21. The molecule has 2 aromatic rings. The summed E-state index contributed by atoms with van der Waals surface area (Å²) >= 11 is 0. The summed E-state index contributed by atoms with van der Waals surface area (Å²) < 4.78 is 5.91. The fraction of sp³-hybridized carbons (Fsp3) is 0.444. The average molecular weight is 255 g/mol. The maximum atomic E-state index is 5.91. The SMILES string of the molecule is CCCCC(CC)COc1[c]c2ccccc2cc1. The third kappa shape index (κ3) is 3.99. The average Bonchev–Trinajstić information content (AvgIpc) is 2.47. The van der Waals surface area contributed by atoms with Crippen LogP contribution in [0.5, 0.6) is 5.75 Å². The van der Waals surface area contributed by atoms with Crippen molar-refractivity contribution in [2.45, 2.75) is 39.5 Å². The summed E-state index contributed by atoms with van der Waals surface area (Å²) in [5, 5.41) is 2.34. The molecule has 0 saturated carbocycles. The molecule has 0 aliphatic carbocycles. The first-order chi connectivity index (χ1) is 9.33. The van der Waals surface area contributed by atoms with E-state index in [9.17, 15) is 0 Å². The van der Waals surface area contributed by atoms with Crippen LogP contribution in [0, 0.1) is 12.0 Å². The van der Waals surface area contributed by atoms with Crippen LogP contribution in [0.4, 0.5) is 0 Å². The molecule has 1 heteroatoms. The van der Waals surface area contributed by atoms with Crippen molar-refractivity contribution in [3.8, 4) is 5.75 Å². The molecule has 0 aromatic heterocycles. The molecule has 0 bridgehead atoms. The number of fused-ring (bicyclic) bond motifs is 1. The lowest BCUT2D eigenvalue weighted by Gasteiger charge is -2.15. The Bertz CT molecular complexity index is 504. The molecule has 0 amide bonds. The Kier molecular flexibility index (Phi) is 5.26. The standard InChI is InChI=1S/C18H23O/c1-3-5-8-15(4-2)14-19-18-12-11-16-9-6-7-10-17(16)13-18/h6-7,9-12,15H,3-5,8,14H2,1-2H3. The monoisotopic (exact) mass is 255 g/mol. The van der Waals surface area contributed by atoms with Gasteiger partial charge in [0.15, 0.2) is 0 Å². The van der Waals surface area contributed by atoms with Crippen molar-refractivity contribution in [3.63, 3.8) is 0 Å². The number of unbranched alkanes of at least 4 members (excludes halogenated alkanes) is 1. The van der Waals surface area contributed by atoms with Crippen LogP contribution in [0.1, 0.15) is 39.5 Å². The molecule has 0 N–H and O–H groups in total. The second-order valence-corrected chi connectivity index (χ2v) is 5.14. The summed E-state index contributed by atoms with van der Waals surface area (Å²) in [7, 11) is 0. The van der Waals surface area contributed by atoms with Gasteiger partial charge in [-0.1, -0.05) is 63.4 Å². The van der Waals surface area contributed by atoms with Gasteiger partial charge in [-0.2, -0.15) is 0 Å². The summed E-state index contributed by atoms with van der Waals surface area (Å²) in [5.74, 6) is 1.54. The lowest BCUT2D eigenvalue weighted by atomic mass is 10.0. The largest absolute Gasteiger partial charge is 0.493 e. The Morgan fingerprint density at radius 1 is 1.11 bits per heavy atom. The topological polar surface area (TPSA) is 9.23 Å². The minimum Gasteiger partial charge on any atom is -0.493 e. The fourth-order valence-corrected chi connectivity index (χ4v) is 2.29. The van der Waals surface area contributed by atoms with Crippen molar-refractivity contribution >= 4 is 10.8 Å². The maximum Gasteiger partial charge on any atom is 0.127 e. The van der Waals surface area contributed by atoms with E-state index in [-0.39, 0.29) is 0 Å². The highest BCUT2D eigenvalue weighted by molar-refractivity contribution is 5.83. The predicted molar refractivity (Wildman–Crippen MR) is 81.6 cm³/mol. The first-order valence-electron chi connectivity index (χ1n) is 7.37. The second-order valence-electron chi connectivity index (χ2n) is 5.14. The molecule has 1 unspecified atom stereocenters. The first kappa shape index (κ1) is 13.9. The van der Waals surface area contributed by atoms with Crippen molar-refractivity contribution in [1.29, 1.82) is 0 Å². The van der Waals surface area contributed by atoms with Gasteiger partial charge < -0.3 is 4.74 Å². The molecule has 0 spiro atoms. The lowest BCUT2D eigenvalue weighted by molar-refractivity contribution is 0.233. The Morgan fingerprint density at radius 2 is 1.95 bits per heavy atom. The third-order valence-electron chi connectivity index (χ3n) is 3.65. The number of benzene rings is 2. The van der Waals surface area contributed by atoms with Gasteiger partial charge in [-0.3, -0.25) is 0 Å². The van der Waals surface area contributed by atoms with Gasteiger partial charge in [-0.05, 0) is 29.2 Å². The molecular weight excluding hydrogens is 232 g/mol. The molecule has 0 fully saturated rings. The van der Waals surface area contributed by atoms with Gasteiger partial charge >= 0.3 is 0 Å². The van der Waals surface area contributed by atoms with E-state index in [1.165, 1.54) is 31.1 Å². The van der Waals surface area contributed by atoms with Crippen LogP contribution in [-0.2, 0) is 0 Å². The molecule has 2 rings (SSSR count). The zero-order valence-electron chi connectivity index (χ0n) is 12.0. The van der Waals surface area contributed by atoms with Crippen molar-refractivity contribution < 1.29 is 4.74 Å². The number of hydrogen-bond donors (Lipinski definition) is 0. The molecule has 0 aliphatic heterocycles. The quantitative estimate of drug-likeness (QED) is 0.657. The molecule has 19 heavy (non-hydrogen) atoms. The van der Waals surface area contributed by atoms with Crippen LogP contribution in [0.25, 0.3) is 10.8 Å². The minimum absolute atomic E-state index is 0.667. The maximum absolute atomic E-state index is 5.91. The molecule has 0 saturated heterocycles. The molecule has 101 valence electrons. The second kappa shape index (κ2) is 7.18. The van der Waals surface area contributed by atoms with E-state index < -0.39 is 0 Å². The summed E-state index contributed by atoms with van der Waals surface area (Å²) in [6, 6.07) is 15.7. The summed E-state index contributed by atoms with van der Waals surface area (Å²) in [6.07, 6.45) is 5.01. The van der Waals surface area contributed by atoms with Gasteiger partial charge in [-0.25, -0.2) is 0 Å². The number of rotatable bonds is 7. The molecule has 0 aliphatic rings. The Balaban J connectivity index is 1.96. The van der Waals surface area contributed by atoms with Gasteiger partial charge in [0.2, 0.25) is 0 Å². The third-order valence-corrected chi connectivity index (χ3v) is 3.65. The van der Waals surface area contributed by atoms with Gasteiger partial charge in [0.05, 0.1) is 6.61 Å². The molecule has 1 radical (unpaired) electrons. The van der Waals surface area contributed by atoms with Crippen LogP contribution < -0.4 is 4.74 Å². The highest BCUT2D eigenvalue weighted by atomic mass is 16.5. The van der Waals surface area contributed by atoms with E-state index >= 15 is 0 Å². The molecule has 0 heterocycles. The van der Waals surface area contributed by atoms with Crippen molar-refractivity contribution in [2.24, 2.45) is 5.92 Å². The van der Waals surface area contributed by atoms with E-state index in [2.05, 4.69) is 44.2 Å². The molecule has 1 nitrogen and oxygen atoms in total. The Morgan fingerprint density at radius 3 is 2.74 bits per heavy atom. The zero-order valence-corrected chi connectivity index (χ0v) is 12.0. The lowest BCUT2D eigenvalue weighted by Crippen LogP contribution is -2.11. The van der Waals surface area contributed by atoms with E-state index in [1.54, 1.807) is 0 Å². The van der Waals surface area contributed by atoms with Crippen molar-refractivity contribution in [1.82, 2.24) is 0 Å². The van der Waals surface area contributed by atoms with Crippen LogP contribution in [0.2, 0.25) is 0 Å². The summed E-state index contributed by atoms with van der Waals surface area (Å²) in [4.78, 5) is 0. The van der Waals surface area contributed by atoms with Crippen LogP contribution in [0.3, 0.4) is 0 Å². The van der Waals surface area contributed by atoms with Gasteiger partial charge in [0, 0.05) is 6.07 Å². The Labute approximate surface area is 116 Å². The van der Waals surface area contributed by atoms with E-state index in [4.69, 9.17) is 4.74 Å². The minimum atomic E-state index is 0.667. The summed E-state index contributed by atoms with van der Waals surface area (Å²) in [5.41, 5.74) is 0. The number of ether oxygens (including phenoxy) is 1. The predicted octanol–water partition coefficient (Wildman–Crippen LogP) is 5.24. The van der Waals surface area contributed by atoms with Crippen LogP contribution in [-0.4, -0.2) is 6.61 Å². The highest BCUT2D eigenvalue weighted by Gasteiger charge is 2.07. The van der Waals surface area contributed by atoms with E-state index in [0.29, 0.717) is 5.92 Å². The smallest absolute Gasteiger partial charge is 0.127 e. The fourth-order valence-electron chi connectivity index (χ4n) is 2.29. The number of hydrogen-bond acceptors (Lipinski definition) is 1. The zero-order chi connectivity index (χ0) is 13.5. The van der Waals surface area contributed by atoms with Crippen LogP contribution >= 0.6 is 0 Å². The molecular formula is C18H23O. The van der Waals surface area contributed by atoms with Crippen LogP contribution in [0.15, 0.2) is 36.4 Å². The molecule has 1 atom stereocenters. The van der Waals surface area contributed by atoms with E-state index in [0.717, 1.165) is 17.7 Å². The first-order valence-corrected chi connectivity index (χ1v) is 7.37. The van der Waals surface area contributed by atoms with Gasteiger partial charge in [0.1, 0.15) is 5.75 Å². The van der Waals surface area contributed by atoms with E-state index in [1.807, 2.05) is 12.1 Å². The Hall–Kier alpha value is -1.50. The van der Waals surface area contributed by atoms with Crippen molar-refractivity contribution in [2.75, 3.05) is 6.61 Å². The van der Waals surface area contributed by atoms with Crippen molar-refractivity contribution in [3.05, 3.63) is 42.5 Å². The van der Waals surface area contributed by atoms with Gasteiger partial charge in [0.25, 0.3) is 0 Å². The van der Waals surface area contributed by atoms with Gasteiger partial charge in [-0.15, -0.1) is 0 Å².